The first-order chi connectivity index (χ1) is 11.9. The van der Waals surface area contributed by atoms with Gasteiger partial charge in [0.2, 0.25) is 11.7 Å². The maximum Gasteiger partial charge on any atom is 0.241 e. The maximum absolute atomic E-state index is 5.45. The summed E-state index contributed by atoms with van der Waals surface area (Å²) in [7, 11) is 0. The van der Waals surface area contributed by atoms with Gasteiger partial charge in [0, 0.05) is 37.8 Å². The fourth-order valence-corrected chi connectivity index (χ4v) is 3.95. The number of hydrogen-bond acceptors (Lipinski definition) is 5. The molecule has 5 heteroatoms. The molecule has 0 radical (unpaired) electrons. The third-order valence-corrected chi connectivity index (χ3v) is 5.36. The molecular formula is C19H26N4O. The van der Waals surface area contributed by atoms with Gasteiger partial charge in [-0.1, -0.05) is 54.8 Å². The van der Waals surface area contributed by atoms with E-state index in [9.17, 15) is 0 Å². The summed E-state index contributed by atoms with van der Waals surface area (Å²) in [6, 6.07) is 10.8. The SMILES string of the molecule is c1ccc(-c2noc(CN3CCN(C4CCCCC4)CC3)n2)cc1. The Bertz CT molecular complexity index is 628. The molecule has 1 aliphatic carbocycles. The molecule has 128 valence electrons. The minimum Gasteiger partial charge on any atom is -0.338 e. The summed E-state index contributed by atoms with van der Waals surface area (Å²) < 4.78 is 5.45. The molecular weight excluding hydrogens is 300 g/mol. The van der Waals surface area contributed by atoms with E-state index in [2.05, 4.69) is 19.9 Å². The molecule has 1 saturated heterocycles. The molecule has 1 aliphatic heterocycles. The number of hydrogen-bond donors (Lipinski definition) is 0. The molecule has 24 heavy (non-hydrogen) atoms. The highest BCUT2D eigenvalue weighted by Crippen LogP contribution is 2.24. The summed E-state index contributed by atoms with van der Waals surface area (Å²) in [6.07, 6.45) is 7.04. The maximum atomic E-state index is 5.45. The molecule has 0 atom stereocenters. The summed E-state index contributed by atoms with van der Waals surface area (Å²) in [6.45, 7) is 5.30. The Kier molecular flexibility index (Phi) is 4.90. The van der Waals surface area contributed by atoms with Gasteiger partial charge in [-0.05, 0) is 12.8 Å². The predicted molar refractivity (Wildman–Crippen MR) is 93.5 cm³/mol. The van der Waals surface area contributed by atoms with E-state index in [1.165, 1.54) is 45.2 Å². The fraction of sp³-hybridized carbons (Fsp3) is 0.579. The number of aromatic nitrogens is 2. The highest BCUT2D eigenvalue weighted by Gasteiger charge is 2.25. The van der Waals surface area contributed by atoms with E-state index < -0.39 is 0 Å². The number of piperazine rings is 1. The van der Waals surface area contributed by atoms with Gasteiger partial charge in [0.05, 0.1) is 6.54 Å². The van der Waals surface area contributed by atoms with E-state index >= 15 is 0 Å². The van der Waals surface area contributed by atoms with Gasteiger partial charge in [-0.3, -0.25) is 9.80 Å². The number of benzene rings is 1. The van der Waals surface area contributed by atoms with Crippen LogP contribution >= 0.6 is 0 Å². The highest BCUT2D eigenvalue weighted by molar-refractivity contribution is 5.53. The Balaban J connectivity index is 1.30. The van der Waals surface area contributed by atoms with Crippen LogP contribution in [0.5, 0.6) is 0 Å². The fourth-order valence-electron chi connectivity index (χ4n) is 3.95. The molecule has 1 saturated carbocycles. The average molecular weight is 326 g/mol. The largest absolute Gasteiger partial charge is 0.338 e. The van der Waals surface area contributed by atoms with Crippen LogP contribution in [-0.2, 0) is 6.54 Å². The summed E-state index contributed by atoms with van der Waals surface area (Å²) in [4.78, 5) is 9.68. The summed E-state index contributed by atoms with van der Waals surface area (Å²) in [5, 5.41) is 4.12. The van der Waals surface area contributed by atoms with E-state index in [0.29, 0.717) is 5.82 Å². The van der Waals surface area contributed by atoms with E-state index in [0.717, 1.165) is 37.1 Å². The third-order valence-electron chi connectivity index (χ3n) is 5.36. The second-order valence-corrected chi connectivity index (χ2v) is 6.98. The topological polar surface area (TPSA) is 45.4 Å². The summed E-state index contributed by atoms with van der Waals surface area (Å²) >= 11 is 0. The lowest BCUT2D eigenvalue weighted by Crippen LogP contribution is -2.50. The van der Waals surface area contributed by atoms with Crippen molar-refractivity contribution in [3.8, 4) is 11.4 Å². The molecule has 2 fully saturated rings. The smallest absolute Gasteiger partial charge is 0.241 e. The molecule has 0 unspecified atom stereocenters. The van der Waals surface area contributed by atoms with Gasteiger partial charge in [-0.15, -0.1) is 0 Å². The first kappa shape index (κ1) is 15.8. The monoisotopic (exact) mass is 326 g/mol. The van der Waals surface area contributed by atoms with Gasteiger partial charge in [-0.2, -0.15) is 4.98 Å². The molecule has 0 N–H and O–H groups in total. The molecule has 0 bridgehead atoms. The first-order valence-electron chi connectivity index (χ1n) is 9.23. The van der Waals surface area contributed by atoms with Crippen molar-refractivity contribution in [3.05, 3.63) is 36.2 Å². The molecule has 1 aromatic carbocycles. The van der Waals surface area contributed by atoms with Crippen molar-refractivity contribution < 1.29 is 4.52 Å². The normalized spacial score (nSPS) is 21.2. The van der Waals surface area contributed by atoms with Gasteiger partial charge in [0.25, 0.3) is 0 Å². The van der Waals surface area contributed by atoms with Crippen LogP contribution in [0.25, 0.3) is 11.4 Å². The zero-order chi connectivity index (χ0) is 16.2. The van der Waals surface area contributed by atoms with Crippen LogP contribution in [-0.4, -0.2) is 52.2 Å². The van der Waals surface area contributed by atoms with Gasteiger partial charge in [-0.25, -0.2) is 0 Å². The molecule has 1 aromatic heterocycles. The zero-order valence-electron chi connectivity index (χ0n) is 14.2. The second-order valence-electron chi connectivity index (χ2n) is 6.98. The quantitative estimate of drug-likeness (QED) is 0.863. The first-order valence-corrected chi connectivity index (χ1v) is 9.23. The van der Waals surface area contributed by atoms with Crippen molar-refractivity contribution in [2.45, 2.75) is 44.7 Å². The molecule has 5 nitrogen and oxygen atoms in total. The lowest BCUT2D eigenvalue weighted by atomic mass is 9.94. The molecule has 0 spiro atoms. The minimum absolute atomic E-state index is 0.687. The highest BCUT2D eigenvalue weighted by atomic mass is 16.5. The second kappa shape index (κ2) is 7.45. The molecule has 0 amide bonds. The van der Waals surface area contributed by atoms with E-state index in [1.807, 2.05) is 30.3 Å². The predicted octanol–water partition coefficient (Wildman–Crippen LogP) is 3.19. The van der Waals surface area contributed by atoms with Gasteiger partial charge < -0.3 is 4.52 Å². The summed E-state index contributed by atoms with van der Waals surface area (Å²) in [5.74, 6) is 1.41. The molecule has 2 aliphatic rings. The van der Waals surface area contributed by atoms with Crippen molar-refractivity contribution in [2.75, 3.05) is 26.2 Å². The van der Waals surface area contributed by atoms with Crippen LogP contribution in [0.1, 0.15) is 38.0 Å². The van der Waals surface area contributed by atoms with Crippen LogP contribution in [0.3, 0.4) is 0 Å². The minimum atomic E-state index is 0.687. The average Bonchev–Trinajstić information content (AvgIpc) is 3.12. The standard InChI is InChI=1S/C19H26N4O/c1-3-7-16(8-4-1)19-20-18(24-21-19)15-22-11-13-23(14-12-22)17-9-5-2-6-10-17/h1,3-4,7-8,17H,2,5-6,9-15H2. The number of nitrogens with zero attached hydrogens (tertiary/aromatic N) is 4. The van der Waals surface area contributed by atoms with Crippen LogP contribution in [0.15, 0.2) is 34.9 Å². The Labute approximate surface area is 143 Å². The van der Waals surface area contributed by atoms with Crippen LogP contribution in [0.2, 0.25) is 0 Å². The van der Waals surface area contributed by atoms with Crippen molar-refractivity contribution in [1.82, 2.24) is 19.9 Å². The third kappa shape index (κ3) is 3.68. The van der Waals surface area contributed by atoms with Crippen LogP contribution in [0, 0.1) is 0 Å². The Hall–Kier alpha value is -1.72. The summed E-state index contributed by atoms with van der Waals surface area (Å²) in [5.41, 5.74) is 1.01. The Morgan fingerprint density at radius 2 is 1.71 bits per heavy atom. The van der Waals surface area contributed by atoms with E-state index in [1.54, 1.807) is 0 Å². The molecule has 2 aromatic rings. The number of rotatable bonds is 4. The van der Waals surface area contributed by atoms with Crippen LogP contribution < -0.4 is 0 Å². The van der Waals surface area contributed by atoms with Gasteiger partial charge in [0.15, 0.2) is 0 Å². The lowest BCUT2D eigenvalue weighted by molar-refractivity contribution is 0.0702. The van der Waals surface area contributed by atoms with Gasteiger partial charge >= 0.3 is 0 Å². The Morgan fingerprint density at radius 3 is 2.46 bits per heavy atom. The Morgan fingerprint density at radius 1 is 0.958 bits per heavy atom. The van der Waals surface area contributed by atoms with Crippen LogP contribution in [0.4, 0.5) is 0 Å². The van der Waals surface area contributed by atoms with Gasteiger partial charge in [0.1, 0.15) is 0 Å². The van der Waals surface area contributed by atoms with Crippen molar-refractivity contribution in [2.24, 2.45) is 0 Å². The van der Waals surface area contributed by atoms with E-state index in [-0.39, 0.29) is 0 Å². The van der Waals surface area contributed by atoms with Crippen molar-refractivity contribution in [1.29, 1.82) is 0 Å². The zero-order valence-corrected chi connectivity index (χ0v) is 14.2. The van der Waals surface area contributed by atoms with Crippen molar-refractivity contribution >= 4 is 0 Å². The molecule has 4 rings (SSSR count). The van der Waals surface area contributed by atoms with E-state index in [4.69, 9.17) is 4.52 Å². The lowest BCUT2D eigenvalue weighted by Gasteiger charge is -2.40. The van der Waals surface area contributed by atoms with Crippen molar-refractivity contribution in [3.63, 3.8) is 0 Å². The molecule has 2 heterocycles.